The molecule has 0 aliphatic rings. The van der Waals surface area contributed by atoms with E-state index >= 15 is 0 Å². The first kappa shape index (κ1) is 54.3. The van der Waals surface area contributed by atoms with Crippen LogP contribution in [-0.4, -0.2) is 46.9 Å². The van der Waals surface area contributed by atoms with E-state index < -0.39 is 18.2 Å². The highest BCUT2D eigenvalue weighted by Gasteiger charge is 2.23. The van der Waals surface area contributed by atoms with Crippen LogP contribution in [0.1, 0.15) is 213 Å². The van der Waals surface area contributed by atoms with Gasteiger partial charge in [-0.25, -0.2) is 0 Å². The van der Waals surface area contributed by atoms with Gasteiger partial charge in [0.2, 0.25) is 5.91 Å². The molecule has 328 valence electrons. The van der Waals surface area contributed by atoms with Gasteiger partial charge in [0.1, 0.15) is 6.10 Å². The SMILES string of the molecule is CC/C=C/C/C=C/C/C=C/C/C=C/C/C=C/CCC(=O)OC(CCC/C=C\CCCCCCCCC)CC(=O)NC(CO)C(O)CCCCCCCCCCCC. The molecule has 3 N–H and O–H groups in total. The fraction of sp³-hybridized carbons (Fsp3) is 0.725. The normalized spacial score (nSPS) is 14.0. The van der Waals surface area contributed by atoms with Crippen molar-refractivity contribution in [3.05, 3.63) is 72.9 Å². The monoisotopic (exact) mass is 796 g/mol. The summed E-state index contributed by atoms with van der Waals surface area (Å²) in [6.45, 7) is 6.31. The smallest absolute Gasteiger partial charge is 0.306 e. The number of unbranched alkanes of at least 4 members (excludes halogenated alkanes) is 17. The van der Waals surface area contributed by atoms with E-state index in [0.29, 0.717) is 19.3 Å². The van der Waals surface area contributed by atoms with Crippen molar-refractivity contribution in [3.63, 3.8) is 0 Å². The van der Waals surface area contributed by atoms with E-state index in [1.807, 2.05) is 6.08 Å². The van der Waals surface area contributed by atoms with Gasteiger partial charge in [-0.15, -0.1) is 0 Å². The van der Waals surface area contributed by atoms with E-state index in [9.17, 15) is 19.8 Å². The van der Waals surface area contributed by atoms with E-state index in [0.717, 1.165) is 70.6 Å². The minimum atomic E-state index is -0.807. The summed E-state index contributed by atoms with van der Waals surface area (Å²) in [5, 5.41) is 23.6. The fourth-order valence-corrected chi connectivity index (χ4v) is 6.71. The van der Waals surface area contributed by atoms with Gasteiger partial charge < -0.3 is 20.3 Å². The second-order valence-electron chi connectivity index (χ2n) is 15.8. The summed E-state index contributed by atoms with van der Waals surface area (Å²) in [4.78, 5) is 26.0. The summed E-state index contributed by atoms with van der Waals surface area (Å²) in [6, 6.07) is -0.725. The first-order valence-corrected chi connectivity index (χ1v) is 23.7. The molecule has 1 amide bonds. The molecule has 57 heavy (non-hydrogen) atoms. The van der Waals surface area contributed by atoms with E-state index in [1.165, 1.54) is 89.9 Å². The quantitative estimate of drug-likeness (QED) is 0.0325. The van der Waals surface area contributed by atoms with Crippen molar-refractivity contribution in [2.75, 3.05) is 6.61 Å². The molecule has 6 nitrogen and oxygen atoms in total. The number of hydrogen-bond donors (Lipinski definition) is 3. The number of aliphatic hydroxyl groups is 2. The highest BCUT2D eigenvalue weighted by molar-refractivity contribution is 5.77. The van der Waals surface area contributed by atoms with E-state index in [-0.39, 0.29) is 31.3 Å². The Morgan fingerprint density at radius 1 is 0.526 bits per heavy atom. The number of carbonyl (C=O) groups is 2. The first-order chi connectivity index (χ1) is 28.0. The summed E-state index contributed by atoms with van der Waals surface area (Å²) in [6.07, 6.45) is 55.4. The van der Waals surface area contributed by atoms with Gasteiger partial charge in [0.05, 0.1) is 25.2 Å². The van der Waals surface area contributed by atoms with E-state index in [1.54, 1.807) is 0 Å². The molecule has 0 aromatic rings. The zero-order valence-electron chi connectivity index (χ0n) is 37.2. The summed E-state index contributed by atoms with van der Waals surface area (Å²) in [5.41, 5.74) is 0. The maximum absolute atomic E-state index is 13.1. The summed E-state index contributed by atoms with van der Waals surface area (Å²) < 4.78 is 5.85. The van der Waals surface area contributed by atoms with Crippen molar-refractivity contribution in [2.45, 2.75) is 232 Å². The Kier molecular flexibility index (Phi) is 42.3. The molecule has 0 bridgehead atoms. The number of ether oxygens (including phenoxy) is 1. The third-order valence-corrected chi connectivity index (χ3v) is 10.3. The molecule has 0 saturated carbocycles. The second kappa shape index (κ2) is 44.4. The topological polar surface area (TPSA) is 95.9 Å². The number of nitrogens with one attached hydrogen (secondary N) is 1. The molecule has 0 aromatic carbocycles. The van der Waals surface area contributed by atoms with Crippen LogP contribution >= 0.6 is 0 Å². The number of rotatable bonds is 41. The van der Waals surface area contributed by atoms with Crippen LogP contribution in [0.4, 0.5) is 0 Å². The standard InChI is InChI=1S/C51H89NO5/c1-4-7-10-13-16-19-22-24-25-26-27-29-32-35-38-41-44-51(56)57-47(42-39-36-33-30-28-23-20-17-14-11-8-5-2)45-50(55)52-48(46-53)49(54)43-40-37-34-31-21-18-15-12-9-6-3/h7,10,16,19,24-25,27,29-30,33,35,38,47-49,53-54H,4-6,8-9,11-15,17-18,20-23,26,28,31-32,34,36-37,39-46H2,1-3H3,(H,52,55)/b10-7+,19-16+,25-24+,29-27+,33-30-,38-35+. The molecule has 0 radical (unpaired) electrons. The molecule has 0 rings (SSSR count). The number of aliphatic hydroxyl groups excluding tert-OH is 2. The van der Waals surface area contributed by atoms with Gasteiger partial charge in [-0.05, 0) is 77.0 Å². The number of carbonyl (C=O) groups excluding carboxylic acids is 2. The summed E-state index contributed by atoms with van der Waals surface area (Å²) in [5.74, 6) is -0.607. The molecule has 0 heterocycles. The molecular weight excluding hydrogens is 707 g/mol. The molecule has 3 unspecified atom stereocenters. The molecule has 0 aromatic heterocycles. The third kappa shape index (κ3) is 39.9. The largest absolute Gasteiger partial charge is 0.462 e. The third-order valence-electron chi connectivity index (χ3n) is 10.3. The number of hydrogen-bond acceptors (Lipinski definition) is 5. The maximum Gasteiger partial charge on any atom is 0.306 e. The van der Waals surface area contributed by atoms with E-state index in [2.05, 4.69) is 92.9 Å². The van der Waals surface area contributed by atoms with Gasteiger partial charge in [-0.1, -0.05) is 196 Å². The van der Waals surface area contributed by atoms with Gasteiger partial charge in [-0.2, -0.15) is 0 Å². The molecule has 0 saturated heterocycles. The van der Waals surface area contributed by atoms with Crippen LogP contribution in [0.2, 0.25) is 0 Å². The minimum Gasteiger partial charge on any atom is -0.462 e. The van der Waals surface area contributed by atoms with Crippen LogP contribution in [-0.2, 0) is 14.3 Å². The second-order valence-corrected chi connectivity index (χ2v) is 15.8. The molecule has 6 heteroatoms. The average Bonchev–Trinajstić information content (AvgIpc) is 3.20. The highest BCUT2D eigenvalue weighted by Crippen LogP contribution is 2.16. The minimum absolute atomic E-state index is 0.0244. The zero-order valence-corrected chi connectivity index (χ0v) is 37.2. The number of allylic oxidation sites excluding steroid dienone is 12. The number of esters is 1. The molecular formula is C51H89NO5. The first-order valence-electron chi connectivity index (χ1n) is 23.7. The van der Waals surface area contributed by atoms with Gasteiger partial charge in [0.25, 0.3) is 0 Å². The van der Waals surface area contributed by atoms with Crippen molar-refractivity contribution in [1.29, 1.82) is 0 Å². The Bertz CT molecular complexity index is 1070. The Morgan fingerprint density at radius 2 is 0.965 bits per heavy atom. The Morgan fingerprint density at radius 3 is 1.47 bits per heavy atom. The van der Waals surface area contributed by atoms with Crippen LogP contribution < -0.4 is 5.32 Å². The Hall–Kier alpha value is -2.70. The highest BCUT2D eigenvalue weighted by atomic mass is 16.5. The molecule has 0 aliphatic carbocycles. The van der Waals surface area contributed by atoms with Crippen LogP contribution in [0.3, 0.4) is 0 Å². The Balaban J connectivity index is 4.75. The van der Waals surface area contributed by atoms with Crippen LogP contribution in [0, 0.1) is 0 Å². The van der Waals surface area contributed by atoms with Crippen molar-refractivity contribution in [3.8, 4) is 0 Å². The van der Waals surface area contributed by atoms with Gasteiger partial charge in [-0.3, -0.25) is 9.59 Å². The van der Waals surface area contributed by atoms with Gasteiger partial charge >= 0.3 is 5.97 Å². The summed E-state index contributed by atoms with van der Waals surface area (Å²) >= 11 is 0. The lowest BCUT2D eigenvalue weighted by atomic mass is 10.0. The predicted octanol–water partition coefficient (Wildman–Crippen LogP) is 13.8. The maximum atomic E-state index is 13.1. The molecule has 0 fully saturated rings. The van der Waals surface area contributed by atoms with Crippen molar-refractivity contribution >= 4 is 11.9 Å². The van der Waals surface area contributed by atoms with E-state index in [4.69, 9.17) is 4.74 Å². The van der Waals surface area contributed by atoms with Crippen molar-refractivity contribution in [2.24, 2.45) is 0 Å². The molecule has 3 atom stereocenters. The lowest BCUT2D eigenvalue weighted by molar-refractivity contribution is -0.150. The van der Waals surface area contributed by atoms with Gasteiger partial charge in [0.15, 0.2) is 0 Å². The van der Waals surface area contributed by atoms with Crippen molar-refractivity contribution < 1.29 is 24.5 Å². The molecule has 0 spiro atoms. The fourth-order valence-electron chi connectivity index (χ4n) is 6.71. The lowest BCUT2D eigenvalue weighted by Gasteiger charge is -2.24. The van der Waals surface area contributed by atoms with Gasteiger partial charge in [0, 0.05) is 6.42 Å². The summed E-state index contributed by atoms with van der Waals surface area (Å²) in [7, 11) is 0. The molecule has 0 aliphatic heterocycles. The van der Waals surface area contributed by atoms with Crippen LogP contribution in [0.25, 0.3) is 0 Å². The average molecular weight is 796 g/mol. The Labute approximate surface area is 351 Å². The lowest BCUT2D eigenvalue weighted by Crippen LogP contribution is -2.46. The van der Waals surface area contributed by atoms with Crippen molar-refractivity contribution in [1.82, 2.24) is 5.32 Å². The zero-order chi connectivity index (χ0) is 41.7. The predicted molar refractivity (Wildman–Crippen MR) is 245 cm³/mol. The van der Waals surface area contributed by atoms with Crippen LogP contribution in [0.5, 0.6) is 0 Å². The van der Waals surface area contributed by atoms with Crippen LogP contribution in [0.15, 0.2) is 72.9 Å². The number of amides is 1.